The Kier molecular flexibility index (Phi) is 3.45. The fraction of sp³-hybridized carbons (Fsp3) is 1.00. The minimum atomic E-state index is -3.96. The lowest BCUT2D eigenvalue weighted by Gasteiger charge is -2.14. The normalized spacial score (nSPS) is 31.1. The summed E-state index contributed by atoms with van der Waals surface area (Å²) in [5, 5.41) is 18.2. The zero-order chi connectivity index (χ0) is 10.1. The van der Waals surface area contributed by atoms with Crippen molar-refractivity contribution in [3.05, 3.63) is 0 Å². The van der Waals surface area contributed by atoms with E-state index in [0.29, 0.717) is 0 Å². The van der Waals surface area contributed by atoms with Gasteiger partial charge in [-0.1, -0.05) is 0 Å². The van der Waals surface area contributed by atoms with Crippen LogP contribution in [0.2, 0.25) is 0 Å². The van der Waals surface area contributed by atoms with E-state index in [0.717, 1.165) is 0 Å². The summed E-state index contributed by atoms with van der Waals surface area (Å²) in [5.74, 6) is 0. The maximum atomic E-state index is 10.5. The first-order valence-electron chi connectivity index (χ1n) is 4.01. The Balaban J connectivity index is 2.29. The van der Waals surface area contributed by atoms with Crippen molar-refractivity contribution in [1.29, 1.82) is 0 Å². The Bertz CT molecular complexity index is 207. The average molecular weight is 211 g/mol. The first-order valence-corrected chi connectivity index (χ1v) is 5.81. The van der Waals surface area contributed by atoms with Crippen molar-refractivity contribution in [3.8, 4) is 0 Å². The van der Waals surface area contributed by atoms with E-state index in [-0.39, 0.29) is 25.8 Å². The third kappa shape index (κ3) is 3.72. The van der Waals surface area contributed by atoms with Crippen LogP contribution >= 0.6 is 7.60 Å². The molecule has 1 fully saturated rings. The molecule has 4 N–H and O–H groups in total. The van der Waals surface area contributed by atoms with Gasteiger partial charge in [0.05, 0.1) is 18.4 Å². The second kappa shape index (κ2) is 4.04. The maximum Gasteiger partial charge on any atom is 0.326 e. The predicted molar refractivity (Wildman–Crippen MR) is 45.4 cm³/mol. The molecular formula is C6H14NO5P. The van der Waals surface area contributed by atoms with Crippen LogP contribution in [0.1, 0.15) is 0 Å². The molecule has 1 saturated heterocycles. The van der Waals surface area contributed by atoms with E-state index in [9.17, 15) is 4.57 Å². The molecule has 7 heteroatoms. The highest BCUT2D eigenvalue weighted by Crippen LogP contribution is 2.33. The highest BCUT2D eigenvalue weighted by molar-refractivity contribution is 7.51. The minimum Gasteiger partial charge on any atom is -0.389 e. The van der Waals surface area contributed by atoms with Gasteiger partial charge in [0.2, 0.25) is 0 Å². The monoisotopic (exact) mass is 211 g/mol. The highest BCUT2D eigenvalue weighted by Gasteiger charge is 2.30. The third-order valence-electron chi connectivity index (χ3n) is 2.04. The van der Waals surface area contributed by atoms with Gasteiger partial charge < -0.3 is 20.0 Å². The molecule has 0 spiro atoms. The quantitative estimate of drug-likeness (QED) is 0.411. The lowest BCUT2D eigenvalue weighted by atomic mass is 10.3. The lowest BCUT2D eigenvalue weighted by Crippen LogP contribution is -2.25. The SMILES string of the molecule is O=P(O)(O)CCN1C[C@@H](O)[C@H](O)C1. The standard InChI is InChI=1S/C6H14NO5P/c8-5-3-7(4-6(5)9)1-2-13(10,11)12/h5-6,8-9H,1-4H2,(H2,10,11,12)/t5-,6-/m1/s1. The molecule has 1 aliphatic heterocycles. The van der Waals surface area contributed by atoms with E-state index < -0.39 is 19.8 Å². The van der Waals surface area contributed by atoms with Gasteiger partial charge in [-0.25, -0.2) is 0 Å². The summed E-state index contributed by atoms with van der Waals surface area (Å²) in [6.45, 7) is 0.765. The Morgan fingerprint density at radius 2 is 1.69 bits per heavy atom. The summed E-state index contributed by atoms with van der Waals surface area (Å²) in [6.07, 6.45) is -1.82. The van der Waals surface area contributed by atoms with E-state index in [4.69, 9.17) is 20.0 Å². The van der Waals surface area contributed by atoms with Crippen LogP contribution in [-0.4, -0.2) is 62.9 Å². The topological polar surface area (TPSA) is 101 Å². The number of hydrogen-bond acceptors (Lipinski definition) is 4. The summed E-state index contributed by atoms with van der Waals surface area (Å²) in [6, 6.07) is 0. The smallest absolute Gasteiger partial charge is 0.326 e. The van der Waals surface area contributed by atoms with Crippen LogP contribution < -0.4 is 0 Å². The molecule has 0 radical (unpaired) electrons. The molecule has 0 aliphatic carbocycles. The van der Waals surface area contributed by atoms with Crippen LogP contribution in [0.5, 0.6) is 0 Å². The van der Waals surface area contributed by atoms with Crippen LogP contribution in [0.4, 0.5) is 0 Å². The number of aliphatic hydroxyl groups is 2. The zero-order valence-electron chi connectivity index (χ0n) is 7.07. The average Bonchev–Trinajstić information content (AvgIpc) is 2.27. The third-order valence-corrected chi connectivity index (χ3v) is 2.82. The van der Waals surface area contributed by atoms with Gasteiger partial charge in [-0.05, 0) is 0 Å². The molecule has 1 heterocycles. The van der Waals surface area contributed by atoms with Gasteiger partial charge in [-0.3, -0.25) is 9.46 Å². The Morgan fingerprint density at radius 1 is 1.23 bits per heavy atom. The summed E-state index contributed by atoms with van der Waals surface area (Å²) in [5.41, 5.74) is 0. The van der Waals surface area contributed by atoms with Gasteiger partial charge in [0.1, 0.15) is 0 Å². The van der Waals surface area contributed by atoms with E-state index >= 15 is 0 Å². The highest BCUT2D eigenvalue weighted by atomic mass is 31.2. The van der Waals surface area contributed by atoms with Gasteiger partial charge in [-0.15, -0.1) is 0 Å². The summed E-state index contributed by atoms with van der Waals surface area (Å²) < 4.78 is 10.5. The molecule has 0 unspecified atom stereocenters. The van der Waals surface area contributed by atoms with E-state index in [1.807, 2.05) is 0 Å². The van der Waals surface area contributed by atoms with Crippen molar-refractivity contribution < 1.29 is 24.6 Å². The number of nitrogens with zero attached hydrogens (tertiary/aromatic N) is 1. The molecular weight excluding hydrogens is 197 g/mol. The fourth-order valence-corrected chi connectivity index (χ4v) is 1.84. The van der Waals surface area contributed by atoms with E-state index in [2.05, 4.69) is 0 Å². The lowest BCUT2D eigenvalue weighted by molar-refractivity contribution is 0.0572. The molecule has 78 valence electrons. The van der Waals surface area contributed by atoms with Gasteiger partial charge in [0, 0.05) is 19.6 Å². The molecule has 13 heavy (non-hydrogen) atoms. The number of β-amino-alcohol motifs (C(OH)–C–C–N with tert-alkyl or cyclic N) is 2. The molecule has 6 nitrogen and oxygen atoms in total. The molecule has 0 bridgehead atoms. The van der Waals surface area contributed by atoms with E-state index in [1.54, 1.807) is 4.90 Å². The van der Waals surface area contributed by atoms with Gasteiger partial charge >= 0.3 is 7.60 Å². The van der Waals surface area contributed by atoms with Crippen molar-refractivity contribution in [2.75, 3.05) is 25.8 Å². The van der Waals surface area contributed by atoms with E-state index in [1.165, 1.54) is 0 Å². The van der Waals surface area contributed by atoms with Crippen LogP contribution in [0.3, 0.4) is 0 Å². The Hall–Kier alpha value is 0.0300. The number of hydrogen-bond donors (Lipinski definition) is 4. The summed E-state index contributed by atoms with van der Waals surface area (Å²) in [4.78, 5) is 18.8. The van der Waals surface area contributed by atoms with Crippen molar-refractivity contribution in [2.24, 2.45) is 0 Å². The molecule has 1 rings (SSSR count). The van der Waals surface area contributed by atoms with Crippen LogP contribution in [-0.2, 0) is 4.57 Å². The van der Waals surface area contributed by atoms with Gasteiger partial charge in [0.25, 0.3) is 0 Å². The molecule has 0 saturated carbocycles. The summed E-state index contributed by atoms with van der Waals surface area (Å²) in [7, 11) is -3.96. The predicted octanol–water partition coefficient (Wildman–Crippen LogP) is -1.80. The Morgan fingerprint density at radius 3 is 2.08 bits per heavy atom. The fourth-order valence-electron chi connectivity index (χ4n) is 1.30. The van der Waals surface area contributed by atoms with Crippen molar-refractivity contribution in [1.82, 2.24) is 4.90 Å². The first-order chi connectivity index (χ1) is 5.88. The van der Waals surface area contributed by atoms with Crippen LogP contribution in [0.15, 0.2) is 0 Å². The molecule has 0 amide bonds. The zero-order valence-corrected chi connectivity index (χ0v) is 7.97. The Labute approximate surface area is 76.0 Å². The molecule has 2 atom stereocenters. The minimum absolute atomic E-state index is 0.207. The van der Waals surface area contributed by atoms with Crippen molar-refractivity contribution >= 4 is 7.60 Å². The van der Waals surface area contributed by atoms with Crippen LogP contribution in [0.25, 0.3) is 0 Å². The first kappa shape index (κ1) is 11.1. The molecule has 1 aliphatic rings. The molecule has 0 aromatic heterocycles. The van der Waals surface area contributed by atoms with Crippen molar-refractivity contribution in [2.45, 2.75) is 12.2 Å². The summed E-state index contributed by atoms with van der Waals surface area (Å²) >= 11 is 0. The largest absolute Gasteiger partial charge is 0.389 e. The maximum absolute atomic E-state index is 10.5. The van der Waals surface area contributed by atoms with Gasteiger partial charge in [-0.2, -0.15) is 0 Å². The second-order valence-electron chi connectivity index (χ2n) is 3.28. The number of aliphatic hydroxyl groups excluding tert-OH is 2. The molecule has 0 aromatic carbocycles. The number of likely N-dealkylation sites (tertiary alicyclic amines) is 1. The van der Waals surface area contributed by atoms with Crippen LogP contribution in [0, 0.1) is 0 Å². The number of rotatable bonds is 3. The molecule has 0 aromatic rings. The van der Waals surface area contributed by atoms with Crippen molar-refractivity contribution in [3.63, 3.8) is 0 Å². The van der Waals surface area contributed by atoms with Gasteiger partial charge in [0.15, 0.2) is 0 Å². The second-order valence-corrected chi connectivity index (χ2v) is 5.06.